The van der Waals surface area contributed by atoms with Gasteiger partial charge >= 0.3 is 0 Å². The highest BCUT2D eigenvalue weighted by Gasteiger charge is 2.28. The summed E-state index contributed by atoms with van der Waals surface area (Å²) in [6.45, 7) is 5.51. The Kier molecular flexibility index (Phi) is 5.60. The van der Waals surface area contributed by atoms with Crippen molar-refractivity contribution in [2.45, 2.75) is 57.0 Å². The Morgan fingerprint density at radius 2 is 2.15 bits per heavy atom. The van der Waals surface area contributed by atoms with Crippen molar-refractivity contribution in [3.05, 3.63) is 16.3 Å². The Balaban J connectivity index is 2.06. The van der Waals surface area contributed by atoms with Gasteiger partial charge < -0.3 is 5.32 Å². The van der Waals surface area contributed by atoms with Gasteiger partial charge in [0.05, 0.1) is 4.90 Å². The minimum Gasteiger partial charge on any atom is -0.312 e. The molecule has 114 valence electrons. The van der Waals surface area contributed by atoms with Gasteiger partial charge in [0, 0.05) is 17.5 Å². The maximum Gasteiger partial charge on any atom is 0.241 e. The molecule has 1 aromatic heterocycles. The molecular weight excluding hydrogens is 292 g/mol. The van der Waals surface area contributed by atoms with E-state index in [0.717, 1.165) is 30.2 Å². The maximum atomic E-state index is 12.5. The summed E-state index contributed by atoms with van der Waals surface area (Å²) in [5.74, 6) is 0.728. The van der Waals surface area contributed by atoms with Crippen LogP contribution in [0.25, 0.3) is 0 Å². The lowest BCUT2D eigenvalue weighted by Crippen LogP contribution is -2.35. The van der Waals surface area contributed by atoms with E-state index in [1.165, 1.54) is 24.2 Å². The normalized spacial score (nSPS) is 17.3. The molecule has 0 bridgehead atoms. The molecule has 1 fully saturated rings. The SMILES string of the molecule is CCNCc1sccc1S(=O)(=O)NC(CC)CC1CC1. The number of sulfonamides is 1. The topological polar surface area (TPSA) is 58.2 Å². The monoisotopic (exact) mass is 316 g/mol. The molecule has 6 heteroatoms. The van der Waals surface area contributed by atoms with E-state index in [2.05, 4.69) is 10.0 Å². The zero-order valence-electron chi connectivity index (χ0n) is 12.2. The lowest BCUT2D eigenvalue weighted by molar-refractivity contribution is 0.495. The van der Waals surface area contributed by atoms with Crippen molar-refractivity contribution in [1.82, 2.24) is 10.0 Å². The fraction of sp³-hybridized carbons (Fsp3) is 0.714. The first-order valence-electron chi connectivity index (χ1n) is 7.36. The Hall–Kier alpha value is -0.430. The third-order valence-electron chi connectivity index (χ3n) is 3.66. The van der Waals surface area contributed by atoms with Crippen molar-refractivity contribution in [3.8, 4) is 0 Å². The van der Waals surface area contributed by atoms with Crippen LogP contribution in [-0.4, -0.2) is 21.0 Å². The van der Waals surface area contributed by atoms with Crippen LogP contribution in [0.3, 0.4) is 0 Å². The van der Waals surface area contributed by atoms with Gasteiger partial charge in [-0.15, -0.1) is 11.3 Å². The summed E-state index contributed by atoms with van der Waals surface area (Å²) in [5, 5.41) is 5.04. The summed E-state index contributed by atoms with van der Waals surface area (Å²) in [7, 11) is -3.39. The number of hydrogen-bond donors (Lipinski definition) is 2. The second-order valence-electron chi connectivity index (χ2n) is 5.39. The van der Waals surface area contributed by atoms with Crippen LogP contribution in [0.15, 0.2) is 16.3 Å². The van der Waals surface area contributed by atoms with Gasteiger partial charge in [0.1, 0.15) is 0 Å². The van der Waals surface area contributed by atoms with Gasteiger partial charge in [-0.05, 0) is 36.8 Å². The highest BCUT2D eigenvalue weighted by molar-refractivity contribution is 7.89. The van der Waals surface area contributed by atoms with Gasteiger partial charge in [0.25, 0.3) is 0 Å². The molecule has 1 unspecified atom stereocenters. The molecular formula is C14H24N2O2S2. The molecule has 4 nitrogen and oxygen atoms in total. The highest BCUT2D eigenvalue weighted by atomic mass is 32.2. The van der Waals surface area contributed by atoms with Crippen molar-refractivity contribution in [3.63, 3.8) is 0 Å². The third-order valence-corrected chi connectivity index (χ3v) is 6.31. The molecule has 1 aliphatic rings. The van der Waals surface area contributed by atoms with Gasteiger partial charge in [-0.25, -0.2) is 13.1 Å². The number of rotatable bonds is 9. The lowest BCUT2D eigenvalue weighted by atomic mass is 10.1. The van der Waals surface area contributed by atoms with Gasteiger partial charge in [-0.2, -0.15) is 0 Å². The van der Waals surface area contributed by atoms with Crippen LogP contribution < -0.4 is 10.0 Å². The highest BCUT2D eigenvalue weighted by Crippen LogP contribution is 2.34. The van der Waals surface area contributed by atoms with E-state index < -0.39 is 10.0 Å². The molecule has 2 rings (SSSR count). The minimum absolute atomic E-state index is 0.0689. The second-order valence-corrected chi connectivity index (χ2v) is 8.08. The molecule has 0 aromatic carbocycles. The van der Waals surface area contributed by atoms with Crippen LogP contribution >= 0.6 is 11.3 Å². The van der Waals surface area contributed by atoms with Crippen LogP contribution in [0.1, 0.15) is 44.4 Å². The largest absolute Gasteiger partial charge is 0.312 e. The molecule has 0 aliphatic heterocycles. The van der Waals surface area contributed by atoms with Crippen LogP contribution in [0.5, 0.6) is 0 Å². The molecule has 0 radical (unpaired) electrons. The number of thiophene rings is 1. The van der Waals surface area contributed by atoms with Crippen molar-refractivity contribution in [2.75, 3.05) is 6.54 Å². The number of nitrogens with one attached hydrogen (secondary N) is 2. The van der Waals surface area contributed by atoms with E-state index >= 15 is 0 Å². The zero-order chi connectivity index (χ0) is 14.6. The fourth-order valence-corrected chi connectivity index (χ4v) is 5.02. The zero-order valence-corrected chi connectivity index (χ0v) is 13.8. The van der Waals surface area contributed by atoms with Crippen LogP contribution in [0, 0.1) is 5.92 Å². The van der Waals surface area contributed by atoms with E-state index in [4.69, 9.17) is 0 Å². The Labute approximate surface area is 126 Å². The van der Waals surface area contributed by atoms with Gasteiger partial charge in [-0.1, -0.05) is 26.7 Å². The third kappa shape index (κ3) is 4.28. The molecule has 1 atom stereocenters. The summed E-state index contributed by atoms with van der Waals surface area (Å²) in [5.41, 5.74) is 0. The standard InChI is InChI=1S/C14H24N2O2S2/c1-3-12(9-11-5-6-11)16-20(17,18)14-7-8-19-13(14)10-15-4-2/h7-8,11-12,15-16H,3-6,9-10H2,1-2H3. The summed E-state index contributed by atoms with van der Waals surface area (Å²) >= 11 is 1.50. The minimum atomic E-state index is -3.39. The van der Waals surface area contributed by atoms with Crippen LogP contribution in [0.2, 0.25) is 0 Å². The smallest absolute Gasteiger partial charge is 0.241 e. The fourth-order valence-electron chi connectivity index (χ4n) is 2.27. The molecule has 1 aliphatic carbocycles. The Morgan fingerprint density at radius 3 is 2.75 bits per heavy atom. The first-order valence-corrected chi connectivity index (χ1v) is 9.72. The summed E-state index contributed by atoms with van der Waals surface area (Å²) < 4.78 is 27.9. The van der Waals surface area contributed by atoms with Crippen molar-refractivity contribution in [1.29, 1.82) is 0 Å². The van der Waals surface area contributed by atoms with E-state index in [9.17, 15) is 8.42 Å². The van der Waals surface area contributed by atoms with Crippen LogP contribution in [-0.2, 0) is 16.6 Å². The molecule has 0 spiro atoms. The first-order chi connectivity index (χ1) is 9.56. The predicted octanol–water partition coefficient (Wildman–Crippen LogP) is 2.71. The van der Waals surface area contributed by atoms with Gasteiger partial charge in [-0.3, -0.25) is 0 Å². The molecule has 1 heterocycles. The van der Waals surface area contributed by atoms with Crippen molar-refractivity contribution >= 4 is 21.4 Å². The summed E-state index contributed by atoms with van der Waals surface area (Å²) in [6, 6.07) is 1.78. The average Bonchev–Trinajstić information content (AvgIpc) is 3.09. The van der Waals surface area contributed by atoms with Gasteiger partial charge in [0.2, 0.25) is 10.0 Å². The van der Waals surface area contributed by atoms with E-state index in [1.54, 1.807) is 6.07 Å². The quantitative estimate of drug-likeness (QED) is 0.736. The van der Waals surface area contributed by atoms with E-state index in [-0.39, 0.29) is 6.04 Å². The second kappa shape index (κ2) is 7.02. The number of hydrogen-bond acceptors (Lipinski definition) is 4. The van der Waals surface area contributed by atoms with Crippen molar-refractivity contribution in [2.24, 2.45) is 5.92 Å². The van der Waals surface area contributed by atoms with E-state index in [1.807, 2.05) is 19.2 Å². The lowest BCUT2D eigenvalue weighted by Gasteiger charge is -2.17. The van der Waals surface area contributed by atoms with E-state index in [0.29, 0.717) is 11.4 Å². The predicted molar refractivity (Wildman–Crippen MR) is 83.4 cm³/mol. The molecule has 0 amide bonds. The average molecular weight is 316 g/mol. The molecule has 0 saturated heterocycles. The van der Waals surface area contributed by atoms with Crippen molar-refractivity contribution < 1.29 is 8.42 Å². The summed E-state index contributed by atoms with van der Waals surface area (Å²) in [4.78, 5) is 1.33. The molecule has 20 heavy (non-hydrogen) atoms. The Morgan fingerprint density at radius 1 is 1.40 bits per heavy atom. The van der Waals surface area contributed by atoms with Gasteiger partial charge in [0.15, 0.2) is 0 Å². The molecule has 2 N–H and O–H groups in total. The first kappa shape index (κ1) is 15.9. The van der Waals surface area contributed by atoms with Crippen LogP contribution in [0.4, 0.5) is 0 Å². The Bertz CT molecular complexity index is 521. The molecule has 1 aromatic rings. The molecule has 1 saturated carbocycles. The maximum absolute atomic E-state index is 12.5. The summed E-state index contributed by atoms with van der Waals surface area (Å²) in [6.07, 6.45) is 4.33.